The summed E-state index contributed by atoms with van der Waals surface area (Å²) in [5.74, 6) is 0.187. The van der Waals surface area contributed by atoms with Gasteiger partial charge in [0, 0.05) is 10.2 Å². The van der Waals surface area contributed by atoms with Gasteiger partial charge in [0.25, 0.3) is 0 Å². The number of halogens is 1. The van der Waals surface area contributed by atoms with Crippen molar-refractivity contribution in [2.24, 2.45) is 0 Å². The molecular weight excluding hydrogens is 268 g/mol. The Bertz CT molecular complexity index is 408. The molecule has 1 aromatic carbocycles. The first-order valence-corrected chi connectivity index (χ1v) is 5.67. The van der Waals surface area contributed by atoms with Crippen molar-refractivity contribution >= 4 is 21.6 Å². The highest BCUT2D eigenvalue weighted by Crippen LogP contribution is 2.15. The Morgan fingerprint density at radius 1 is 1.12 bits per heavy atom. The maximum atomic E-state index is 9.08. The zero-order valence-electron chi connectivity index (χ0n) is 8.52. The number of benzene rings is 1. The fourth-order valence-electron chi connectivity index (χ4n) is 1.28. The first-order valence-electron chi connectivity index (χ1n) is 4.87. The molecule has 0 saturated heterocycles. The number of aromatic hydroxyl groups is 1. The molecule has 2 rings (SSSR count). The van der Waals surface area contributed by atoms with Crippen molar-refractivity contribution < 1.29 is 5.11 Å². The first-order chi connectivity index (χ1) is 7.74. The monoisotopic (exact) mass is 278 g/mol. The third-order valence-electron chi connectivity index (χ3n) is 2.13. The van der Waals surface area contributed by atoms with Crippen molar-refractivity contribution in [1.82, 2.24) is 4.98 Å². The van der Waals surface area contributed by atoms with Gasteiger partial charge in [-0.25, -0.2) is 0 Å². The molecule has 0 unspecified atom stereocenters. The Hall–Kier alpha value is -1.55. The van der Waals surface area contributed by atoms with Crippen LogP contribution in [0.2, 0.25) is 0 Å². The van der Waals surface area contributed by atoms with Crippen LogP contribution >= 0.6 is 15.9 Å². The van der Waals surface area contributed by atoms with E-state index in [1.54, 1.807) is 12.1 Å². The van der Waals surface area contributed by atoms with Crippen LogP contribution in [-0.2, 0) is 6.54 Å². The number of anilines is 1. The minimum Gasteiger partial charge on any atom is -0.506 e. The van der Waals surface area contributed by atoms with Crippen LogP contribution in [0.3, 0.4) is 0 Å². The topological polar surface area (TPSA) is 45.1 Å². The SMILES string of the molecule is Oc1ccc(CNc2ccc(Br)cc2)nc1. The van der Waals surface area contributed by atoms with Gasteiger partial charge in [-0.05, 0) is 36.4 Å². The third-order valence-corrected chi connectivity index (χ3v) is 2.66. The molecule has 82 valence electrons. The summed E-state index contributed by atoms with van der Waals surface area (Å²) in [6.45, 7) is 0.641. The van der Waals surface area contributed by atoms with Crippen molar-refractivity contribution in [2.75, 3.05) is 5.32 Å². The molecule has 1 heterocycles. The van der Waals surface area contributed by atoms with Gasteiger partial charge in [-0.3, -0.25) is 4.98 Å². The standard InChI is InChI=1S/C12H11BrN2O/c13-9-1-3-10(4-2-9)14-7-11-5-6-12(16)8-15-11/h1-6,8,14,16H,7H2. The number of rotatable bonds is 3. The van der Waals surface area contributed by atoms with Crippen molar-refractivity contribution in [2.45, 2.75) is 6.54 Å². The van der Waals surface area contributed by atoms with Crippen LogP contribution in [0.1, 0.15) is 5.69 Å². The van der Waals surface area contributed by atoms with E-state index < -0.39 is 0 Å². The Morgan fingerprint density at radius 2 is 1.88 bits per heavy atom. The van der Waals surface area contributed by atoms with E-state index in [1.807, 2.05) is 24.3 Å². The van der Waals surface area contributed by atoms with Gasteiger partial charge in [0.05, 0.1) is 18.4 Å². The van der Waals surface area contributed by atoms with Crippen molar-refractivity contribution in [3.8, 4) is 5.75 Å². The molecular formula is C12H11BrN2O. The van der Waals surface area contributed by atoms with Gasteiger partial charge in [-0.15, -0.1) is 0 Å². The van der Waals surface area contributed by atoms with Crippen LogP contribution in [-0.4, -0.2) is 10.1 Å². The summed E-state index contributed by atoms with van der Waals surface area (Å²) in [4.78, 5) is 4.09. The van der Waals surface area contributed by atoms with Gasteiger partial charge in [0.2, 0.25) is 0 Å². The van der Waals surface area contributed by atoms with Crippen LogP contribution in [0.4, 0.5) is 5.69 Å². The molecule has 1 aromatic heterocycles. The summed E-state index contributed by atoms with van der Waals surface area (Å²) in [6.07, 6.45) is 1.44. The summed E-state index contributed by atoms with van der Waals surface area (Å²) in [5.41, 5.74) is 1.93. The fraction of sp³-hybridized carbons (Fsp3) is 0.0833. The molecule has 0 spiro atoms. The molecule has 0 fully saturated rings. The number of aromatic nitrogens is 1. The third kappa shape index (κ3) is 2.97. The molecule has 16 heavy (non-hydrogen) atoms. The number of pyridine rings is 1. The Morgan fingerprint density at radius 3 is 2.50 bits per heavy atom. The van der Waals surface area contributed by atoms with Gasteiger partial charge in [-0.2, -0.15) is 0 Å². The molecule has 0 aliphatic carbocycles. The average molecular weight is 279 g/mol. The second-order valence-electron chi connectivity index (χ2n) is 3.37. The van der Waals surface area contributed by atoms with Gasteiger partial charge >= 0.3 is 0 Å². The highest BCUT2D eigenvalue weighted by molar-refractivity contribution is 9.10. The van der Waals surface area contributed by atoms with Crippen LogP contribution in [0.25, 0.3) is 0 Å². The summed E-state index contributed by atoms with van der Waals surface area (Å²) >= 11 is 3.38. The summed E-state index contributed by atoms with van der Waals surface area (Å²) in [7, 11) is 0. The van der Waals surface area contributed by atoms with E-state index in [-0.39, 0.29) is 5.75 Å². The normalized spacial score (nSPS) is 10.1. The Labute approximate surface area is 102 Å². The molecule has 2 aromatic rings. The fourth-order valence-corrected chi connectivity index (χ4v) is 1.55. The maximum Gasteiger partial charge on any atom is 0.133 e. The smallest absolute Gasteiger partial charge is 0.133 e. The zero-order chi connectivity index (χ0) is 11.4. The maximum absolute atomic E-state index is 9.08. The lowest BCUT2D eigenvalue weighted by molar-refractivity contribution is 0.472. The molecule has 0 bridgehead atoms. The zero-order valence-corrected chi connectivity index (χ0v) is 10.1. The van der Waals surface area contributed by atoms with E-state index in [2.05, 4.69) is 26.2 Å². The van der Waals surface area contributed by atoms with Crippen molar-refractivity contribution in [3.63, 3.8) is 0 Å². The van der Waals surface area contributed by atoms with Gasteiger partial charge in [0.1, 0.15) is 5.75 Å². The van der Waals surface area contributed by atoms with Gasteiger partial charge < -0.3 is 10.4 Å². The largest absolute Gasteiger partial charge is 0.506 e. The summed E-state index contributed by atoms with van der Waals surface area (Å²) in [5, 5.41) is 12.3. The predicted octanol–water partition coefficient (Wildman–Crippen LogP) is 3.16. The molecule has 0 aliphatic heterocycles. The molecule has 0 radical (unpaired) electrons. The van der Waals surface area contributed by atoms with Crippen LogP contribution in [0, 0.1) is 0 Å². The first kappa shape index (κ1) is 11.0. The quantitative estimate of drug-likeness (QED) is 0.907. The second-order valence-corrected chi connectivity index (χ2v) is 4.28. The van der Waals surface area contributed by atoms with E-state index >= 15 is 0 Å². The summed E-state index contributed by atoms with van der Waals surface area (Å²) in [6, 6.07) is 11.4. The molecule has 0 aliphatic rings. The molecule has 0 atom stereocenters. The van der Waals surface area contributed by atoms with Crippen LogP contribution in [0.5, 0.6) is 5.75 Å². The highest BCUT2D eigenvalue weighted by Gasteiger charge is 1.95. The van der Waals surface area contributed by atoms with Crippen molar-refractivity contribution in [3.05, 3.63) is 52.8 Å². The van der Waals surface area contributed by atoms with E-state index in [4.69, 9.17) is 5.11 Å². The van der Waals surface area contributed by atoms with E-state index in [0.717, 1.165) is 15.9 Å². The van der Waals surface area contributed by atoms with Gasteiger partial charge in [-0.1, -0.05) is 15.9 Å². The predicted molar refractivity (Wildman–Crippen MR) is 67.4 cm³/mol. The van der Waals surface area contributed by atoms with E-state index in [0.29, 0.717) is 6.54 Å². The molecule has 2 N–H and O–H groups in total. The second kappa shape index (κ2) is 4.99. The number of nitrogens with zero attached hydrogens (tertiary/aromatic N) is 1. The number of hydrogen-bond donors (Lipinski definition) is 2. The molecule has 4 heteroatoms. The molecule has 0 amide bonds. The molecule has 3 nitrogen and oxygen atoms in total. The lowest BCUT2D eigenvalue weighted by Crippen LogP contribution is -2.00. The minimum atomic E-state index is 0.187. The highest BCUT2D eigenvalue weighted by atomic mass is 79.9. The van der Waals surface area contributed by atoms with E-state index in [9.17, 15) is 0 Å². The lowest BCUT2D eigenvalue weighted by Gasteiger charge is -2.05. The van der Waals surface area contributed by atoms with Crippen LogP contribution in [0.15, 0.2) is 47.1 Å². The lowest BCUT2D eigenvalue weighted by atomic mass is 10.3. The van der Waals surface area contributed by atoms with E-state index in [1.165, 1.54) is 6.20 Å². The minimum absolute atomic E-state index is 0.187. The number of hydrogen-bond acceptors (Lipinski definition) is 3. The summed E-state index contributed by atoms with van der Waals surface area (Å²) < 4.78 is 1.06. The van der Waals surface area contributed by atoms with Crippen molar-refractivity contribution in [1.29, 1.82) is 0 Å². The number of nitrogens with one attached hydrogen (secondary N) is 1. The average Bonchev–Trinajstić information content (AvgIpc) is 2.30. The molecule has 0 saturated carbocycles. The van der Waals surface area contributed by atoms with Crippen LogP contribution < -0.4 is 5.32 Å². The Kier molecular flexibility index (Phi) is 3.41. The Balaban J connectivity index is 1.97. The van der Waals surface area contributed by atoms with Gasteiger partial charge in [0.15, 0.2) is 0 Å².